The molecule has 0 aliphatic carbocycles. The lowest BCUT2D eigenvalue weighted by Gasteiger charge is -2.31. The lowest BCUT2D eigenvalue weighted by atomic mass is 10.1. The van der Waals surface area contributed by atoms with Crippen molar-refractivity contribution in [3.05, 3.63) is 35.9 Å². The van der Waals surface area contributed by atoms with Crippen molar-refractivity contribution in [2.75, 3.05) is 6.54 Å². The minimum atomic E-state index is -0.390. The van der Waals surface area contributed by atoms with E-state index < -0.39 is 6.04 Å². The molecular weight excluding hydrogens is 276 g/mol. The molecule has 0 bridgehead atoms. The van der Waals surface area contributed by atoms with E-state index in [-0.39, 0.29) is 17.9 Å². The Balaban J connectivity index is 2.81. The number of nitrogens with zero attached hydrogens (tertiary/aromatic N) is 1. The topological polar surface area (TPSA) is 49.4 Å². The van der Waals surface area contributed by atoms with Crippen LogP contribution in [0.25, 0.3) is 0 Å². The van der Waals surface area contributed by atoms with Gasteiger partial charge in [-0.1, -0.05) is 44.2 Å². The van der Waals surface area contributed by atoms with Crippen LogP contribution in [-0.4, -0.2) is 35.3 Å². The molecule has 4 heteroatoms. The molecule has 1 aromatic carbocycles. The van der Waals surface area contributed by atoms with Crippen LogP contribution >= 0.6 is 0 Å². The van der Waals surface area contributed by atoms with E-state index in [9.17, 15) is 9.59 Å². The second kappa shape index (κ2) is 9.23. The second-order valence-corrected chi connectivity index (χ2v) is 5.76. The molecule has 22 heavy (non-hydrogen) atoms. The SMILES string of the molecule is CCC(=O)N(CCc1ccccc1)[C@@H](CC)C(=O)NC(C)C. The summed E-state index contributed by atoms with van der Waals surface area (Å²) in [5.41, 5.74) is 1.18. The lowest BCUT2D eigenvalue weighted by Crippen LogP contribution is -2.51. The van der Waals surface area contributed by atoms with E-state index in [4.69, 9.17) is 0 Å². The number of carbonyl (C=O) groups is 2. The van der Waals surface area contributed by atoms with E-state index in [2.05, 4.69) is 5.32 Å². The van der Waals surface area contributed by atoms with Gasteiger partial charge in [-0.15, -0.1) is 0 Å². The van der Waals surface area contributed by atoms with E-state index >= 15 is 0 Å². The van der Waals surface area contributed by atoms with Gasteiger partial charge in [0.2, 0.25) is 11.8 Å². The Morgan fingerprint density at radius 3 is 2.27 bits per heavy atom. The summed E-state index contributed by atoms with van der Waals surface area (Å²) >= 11 is 0. The van der Waals surface area contributed by atoms with Gasteiger partial charge in [0.25, 0.3) is 0 Å². The molecule has 1 atom stereocenters. The average Bonchev–Trinajstić information content (AvgIpc) is 2.50. The summed E-state index contributed by atoms with van der Waals surface area (Å²) < 4.78 is 0. The lowest BCUT2D eigenvalue weighted by molar-refractivity contribution is -0.140. The molecule has 0 saturated carbocycles. The Labute approximate surface area is 133 Å². The number of hydrogen-bond acceptors (Lipinski definition) is 2. The van der Waals surface area contributed by atoms with Crippen molar-refractivity contribution in [3.63, 3.8) is 0 Å². The molecule has 0 aliphatic rings. The molecule has 0 unspecified atom stereocenters. The number of nitrogens with one attached hydrogen (secondary N) is 1. The van der Waals surface area contributed by atoms with Gasteiger partial charge < -0.3 is 10.2 Å². The molecule has 1 N–H and O–H groups in total. The molecule has 122 valence electrons. The third kappa shape index (κ3) is 5.51. The molecule has 0 spiro atoms. The molecule has 1 aromatic rings. The molecule has 2 amide bonds. The van der Waals surface area contributed by atoms with Crippen molar-refractivity contribution in [1.29, 1.82) is 0 Å². The van der Waals surface area contributed by atoms with Crippen LogP contribution in [0.4, 0.5) is 0 Å². The molecule has 0 radical (unpaired) electrons. The highest BCUT2D eigenvalue weighted by Crippen LogP contribution is 2.10. The number of amides is 2. The molecule has 0 saturated heterocycles. The molecule has 4 nitrogen and oxygen atoms in total. The first-order valence-electron chi connectivity index (χ1n) is 8.13. The van der Waals surface area contributed by atoms with Gasteiger partial charge in [-0.2, -0.15) is 0 Å². The first-order chi connectivity index (χ1) is 10.5. The third-order valence-electron chi connectivity index (χ3n) is 3.60. The standard InChI is InChI=1S/C18H28N2O2/c1-5-16(18(22)19-14(3)4)20(17(21)6-2)13-12-15-10-8-7-9-11-15/h7-11,14,16H,5-6,12-13H2,1-4H3,(H,19,22)/t16-/m0/s1. The summed E-state index contributed by atoms with van der Waals surface area (Å²) in [6.45, 7) is 8.22. The van der Waals surface area contributed by atoms with Crippen LogP contribution in [0.15, 0.2) is 30.3 Å². The second-order valence-electron chi connectivity index (χ2n) is 5.76. The molecule has 1 rings (SSSR count). The minimum absolute atomic E-state index is 0.0293. The van der Waals surface area contributed by atoms with Crippen molar-refractivity contribution in [2.45, 2.75) is 59.0 Å². The summed E-state index contributed by atoms with van der Waals surface area (Å²) in [6, 6.07) is 9.73. The zero-order valence-electron chi connectivity index (χ0n) is 14.1. The predicted octanol–water partition coefficient (Wildman–Crippen LogP) is 2.77. The van der Waals surface area contributed by atoms with Gasteiger partial charge in [-0.25, -0.2) is 0 Å². The first-order valence-corrected chi connectivity index (χ1v) is 8.13. The summed E-state index contributed by atoms with van der Waals surface area (Å²) in [6.07, 6.45) is 1.80. The predicted molar refractivity (Wildman–Crippen MR) is 89.5 cm³/mol. The Morgan fingerprint density at radius 2 is 1.77 bits per heavy atom. The van der Waals surface area contributed by atoms with Crippen LogP contribution in [0.1, 0.15) is 46.1 Å². The number of rotatable bonds is 8. The largest absolute Gasteiger partial charge is 0.352 e. The average molecular weight is 304 g/mol. The smallest absolute Gasteiger partial charge is 0.242 e. The molecule has 0 aliphatic heterocycles. The summed E-state index contributed by atoms with van der Waals surface area (Å²) in [7, 11) is 0. The number of hydrogen-bond donors (Lipinski definition) is 1. The van der Waals surface area contributed by atoms with Crippen molar-refractivity contribution in [2.24, 2.45) is 0 Å². The van der Waals surface area contributed by atoms with Crippen molar-refractivity contribution in [1.82, 2.24) is 10.2 Å². The Kier molecular flexibility index (Phi) is 7.64. The van der Waals surface area contributed by atoms with Gasteiger partial charge in [0.15, 0.2) is 0 Å². The first kappa shape index (κ1) is 18.2. The molecular formula is C18H28N2O2. The van der Waals surface area contributed by atoms with Crippen molar-refractivity contribution >= 4 is 11.8 Å². The van der Waals surface area contributed by atoms with Gasteiger partial charge >= 0.3 is 0 Å². The number of carbonyl (C=O) groups excluding carboxylic acids is 2. The van der Waals surface area contributed by atoms with E-state index in [0.29, 0.717) is 19.4 Å². The van der Waals surface area contributed by atoms with Crippen LogP contribution in [0.5, 0.6) is 0 Å². The van der Waals surface area contributed by atoms with Crippen molar-refractivity contribution < 1.29 is 9.59 Å². The fourth-order valence-corrected chi connectivity index (χ4v) is 2.48. The Bertz CT molecular complexity index is 471. The summed E-state index contributed by atoms with van der Waals surface area (Å²) in [4.78, 5) is 26.3. The Morgan fingerprint density at radius 1 is 1.14 bits per heavy atom. The van der Waals surface area contributed by atoms with Gasteiger partial charge in [0.1, 0.15) is 6.04 Å². The molecule has 0 fully saturated rings. The van der Waals surface area contributed by atoms with Crippen LogP contribution < -0.4 is 5.32 Å². The van der Waals surface area contributed by atoms with Gasteiger partial charge in [-0.05, 0) is 32.3 Å². The maximum Gasteiger partial charge on any atom is 0.242 e. The molecule has 0 aromatic heterocycles. The normalized spacial score (nSPS) is 12.0. The highest BCUT2D eigenvalue weighted by Gasteiger charge is 2.27. The van der Waals surface area contributed by atoms with Gasteiger partial charge in [0.05, 0.1) is 0 Å². The highest BCUT2D eigenvalue weighted by molar-refractivity contribution is 5.87. The van der Waals surface area contributed by atoms with Crippen LogP contribution in [0.3, 0.4) is 0 Å². The van der Waals surface area contributed by atoms with E-state index in [1.807, 2.05) is 58.0 Å². The monoisotopic (exact) mass is 304 g/mol. The third-order valence-corrected chi connectivity index (χ3v) is 3.60. The fraction of sp³-hybridized carbons (Fsp3) is 0.556. The van der Waals surface area contributed by atoms with Gasteiger partial charge in [-0.3, -0.25) is 9.59 Å². The maximum absolute atomic E-state index is 12.4. The van der Waals surface area contributed by atoms with E-state index in [0.717, 1.165) is 6.42 Å². The molecule has 0 heterocycles. The summed E-state index contributed by atoms with van der Waals surface area (Å²) in [5, 5.41) is 2.92. The van der Waals surface area contributed by atoms with E-state index in [1.165, 1.54) is 5.56 Å². The quantitative estimate of drug-likeness (QED) is 0.803. The minimum Gasteiger partial charge on any atom is -0.352 e. The van der Waals surface area contributed by atoms with Crippen LogP contribution in [0.2, 0.25) is 0 Å². The summed E-state index contributed by atoms with van der Waals surface area (Å²) in [5.74, 6) is -0.0333. The van der Waals surface area contributed by atoms with E-state index in [1.54, 1.807) is 4.90 Å². The zero-order valence-corrected chi connectivity index (χ0v) is 14.1. The highest BCUT2D eigenvalue weighted by atomic mass is 16.2. The maximum atomic E-state index is 12.4. The number of benzene rings is 1. The van der Waals surface area contributed by atoms with Gasteiger partial charge in [0, 0.05) is 19.0 Å². The zero-order chi connectivity index (χ0) is 16.5. The van der Waals surface area contributed by atoms with Crippen molar-refractivity contribution in [3.8, 4) is 0 Å². The Hall–Kier alpha value is -1.84. The van der Waals surface area contributed by atoms with Crippen LogP contribution in [-0.2, 0) is 16.0 Å². The van der Waals surface area contributed by atoms with Crippen LogP contribution in [0, 0.1) is 0 Å². The fourth-order valence-electron chi connectivity index (χ4n) is 2.48.